The van der Waals surface area contributed by atoms with E-state index in [-0.39, 0.29) is 0 Å². The lowest BCUT2D eigenvalue weighted by atomic mass is 10.3. The van der Waals surface area contributed by atoms with Crippen molar-refractivity contribution in [1.29, 1.82) is 0 Å². The number of nitrogens with zero attached hydrogens (tertiary/aromatic N) is 2. The van der Waals surface area contributed by atoms with Gasteiger partial charge in [0, 0.05) is 36.5 Å². The fourth-order valence-electron chi connectivity index (χ4n) is 1.30. The first-order valence-corrected chi connectivity index (χ1v) is 5.05. The summed E-state index contributed by atoms with van der Waals surface area (Å²) in [5.74, 6) is 0.662. The molecule has 0 fully saturated rings. The van der Waals surface area contributed by atoms with Crippen molar-refractivity contribution in [3.8, 4) is 0 Å². The molecule has 72 valence electrons. The molecule has 0 saturated carbocycles. The second-order valence-electron chi connectivity index (χ2n) is 2.92. The monoisotopic (exact) mass is 198 g/mol. The van der Waals surface area contributed by atoms with E-state index in [9.17, 15) is 0 Å². The first-order chi connectivity index (χ1) is 6.27. The molecule has 0 radical (unpaired) electrons. The van der Waals surface area contributed by atoms with Crippen molar-refractivity contribution in [3.05, 3.63) is 24.0 Å². The first kappa shape index (κ1) is 10.3. The minimum atomic E-state index is 0.662. The lowest BCUT2D eigenvalue weighted by Gasteiger charge is -2.21. The summed E-state index contributed by atoms with van der Waals surface area (Å²) in [4.78, 5) is 6.39. The lowest BCUT2D eigenvalue weighted by molar-refractivity contribution is 0.867. The van der Waals surface area contributed by atoms with Crippen LogP contribution in [0.25, 0.3) is 0 Å². The summed E-state index contributed by atoms with van der Waals surface area (Å²) in [6.45, 7) is 6.00. The van der Waals surface area contributed by atoms with E-state index in [1.165, 1.54) is 5.69 Å². The molecule has 1 aromatic heterocycles. The van der Waals surface area contributed by atoms with Crippen molar-refractivity contribution in [2.45, 2.75) is 13.8 Å². The molecule has 1 aromatic rings. The highest BCUT2D eigenvalue weighted by Gasteiger charge is 2.02. The van der Waals surface area contributed by atoms with Gasteiger partial charge in [-0.15, -0.1) is 11.6 Å². The smallest absolute Gasteiger partial charge is 0.0400 e. The van der Waals surface area contributed by atoms with Crippen LogP contribution in [-0.2, 0) is 0 Å². The van der Waals surface area contributed by atoms with Crippen LogP contribution in [-0.4, -0.2) is 24.0 Å². The molecule has 1 rings (SSSR count). The normalized spacial score (nSPS) is 10.1. The highest BCUT2D eigenvalue weighted by atomic mass is 35.5. The topological polar surface area (TPSA) is 16.1 Å². The summed E-state index contributed by atoms with van der Waals surface area (Å²) in [7, 11) is 0. The number of aromatic nitrogens is 1. The third-order valence-electron chi connectivity index (χ3n) is 1.98. The van der Waals surface area contributed by atoms with E-state index in [0.717, 1.165) is 18.8 Å². The number of halogens is 1. The Morgan fingerprint density at radius 2 is 2.31 bits per heavy atom. The van der Waals surface area contributed by atoms with E-state index < -0.39 is 0 Å². The molecule has 0 aliphatic heterocycles. The largest absolute Gasteiger partial charge is 0.371 e. The maximum atomic E-state index is 5.71. The third kappa shape index (κ3) is 2.88. The summed E-state index contributed by atoms with van der Waals surface area (Å²) in [5.41, 5.74) is 2.25. The Morgan fingerprint density at radius 3 is 2.85 bits per heavy atom. The zero-order chi connectivity index (χ0) is 9.68. The molecule has 13 heavy (non-hydrogen) atoms. The van der Waals surface area contributed by atoms with Gasteiger partial charge in [0.1, 0.15) is 0 Å². The minimum absolute atomic E-state index is 0.662. The average Bonchev–Trinajstić information content (AvgIpc) is 2.14. The molecule has 0 aromatic carbocycles. The van der Waals surface area contributed by atoms with Gasteiger partial charge in [0.2, 0.25) is 0 Å². The molecule has 0 aliphatic rings. The highest BCUT2D eigenvalue weighted by Crippen LogP contribution is 2.13. The lowest BCUT2D eigenvalue weighted by Crippen LogP contribution is -2.24. The molecule has 0 bridgehead atoms. The van der Waals surface area contributed by atoms with Crippen LogP contribution in [0, 0.1) is 6.92 Å². The van der Waals surface area contributed by atoms with E-state index >= 15 is 0 Å². The number of hydrogen-bond acceptors (Lipinski definition) is 2. The Bertz CT molecular complexity index is 263. The zero-order valence-corrected chi connectivity index (χ0v) is 8.88. The number of rotatable bonds is 4. The molecular formula is C10H15ClN2. The van der Waals surface area contributed by atoms with Gasteiger partial charge >= 0.3 is 0 Å². The highest BCUT2D eigenvalue weighted by molar-refractivity contribution is 6.18. The molecule has 2 nitrogen and oxygen atoms in total. The van der Waals surface area contributed by atoms with Crippen LogP contribution in [0.4, 0.5) is 5.69 Å². The van der Waals surface area contributed by atoms with Gasteiger partial charge < -0.3 is 4.90 Å². The minimum Gasteiger partial charge on any atom is -0.371 e. The maximum Gasteiger partial charge on any atom is 0.0400 e. The number of anilines is 1. The Labute approximate surface area is 84.5 Å². The number of pyridine rings is 1. The van der Waals surface area contributed by atoms with Crippen molar-refractivity contribution in [2.75, 3.05) is 23.9 Å². The van der Waals surface area contributed by atoms with E-state index in [2.05, 4.69) is 22.9 Å². The summed E-state index contributed by atoms with van der Waals surface area (Å²) in [6, 6.07) is 4.10. The molecule has 1 heterocycles. The fraction of sp³-hybridized carbons (Fsp3) is 0.500. The first-order valence-electron chi connectivity index (χ1n) is 4.51. The number of alkyl halides is 1. The van der Waals surface area contributed by atoms with Gasteiger partial charge in [-0.3, -0.25) is 4.98 Å². The van der Waals surface area contributed by atoms with Crippen molar-refractivity contribution in [3.63, 3.8) is 0 Å². The third-order valence-corrected chi connectivity index (χ3v) is 2.15. The van der Waals surface area contributed by atoms with Gasteiger partial charge in [-0.2, -0.15) is 0 Å². The van der Waals surface area contributed by atoms with Crippen LogP contribution in [0.15, 0.2) is 18.3 Å². The van der Waals surface area contributed by atoms with E-state index in [1.807, 2.05) is 19.2 Å². The van der Waals surface area contributed by atoms with Crippen LogP contribution in [0.2, 0.25) is 0 Å². The quantitative estimate of drug-likeness (QED) is 0.691. The van der Waals surface area contributed by atoms with Crippen LogP contribution in [0.3, 0.4) is 0 Å². The fourth-order valence-corrected chi connectivity index (χ4v) is 1.50. The van der Waals surface area contributed by atoms with Gasteiger partial charge in [-0.1, -0.05) is 0 Å². The average molecular weight is 199 g/mol. The Kier molecular flexibility index (Phi) is 4.03. The van der Waals surface area contributed by atoms with Gasteiger partial charge in [-0.05, 0) is 26.0 Å². The van der Waals surface area contributed by atoms with Crippen LogP contribution < -0.4 is 4.90 Å². The maximum absolute atomic E-state index is 5.71. The second-order valence-corrected chi connectivity index (χ2v) is 3.30. The SMILES string of the molecule is CCN(CCCl)c1ccnc(C)c1. The standard InChI is InChI=1S/C10H15ClN2/c1-3-13(7-5-11)10-4-6-12-9(2)8-10/h4,6,8H,3,5,7H2,1-2H3. The van der Waals surface area contributed by atoms with E-state index in [4.69, 9.17) is 11.6 Å². The molecule has 0 saturated heterocycles. The van der Waals surface area contributed by atoms with Crippen LogP contribution in [0.5, 0.6) is 0 Å². The van der Waals surface area contributed by atoms with Crippen molar-refractivity contribution in [1.82, 2.24) is 4.98 Å². The molecule has 0 N–H and O–H groups in total. The van der Waals surface area contributed by atoms with Gasteiger partial charge in [0.25, 0.3) is 0 Å². The zero-order valence-electron chi connectivity index (χ0n) is 8.13. The van der Waals surface area contributed by atoms with Crippen LogP contribution in [0.1, 0.15) is 12.6 Å². The van der Waals surface area contributed by atoms with E-state index in [1.54, 1.807) is 0 Å². The molecule has 0 atom stereocenters. The van der Waals surface area contributed by atoms with Gasteiger partial charge in [0.05, 0.1) is 0 Å². The summed E-state index contributed by atoms with van der Waals surface area (Å²) < 4.78 is 0. The van der Waals surface area contributed by atoms with Crippen molar-refractivity contribution < 1.29 is 0 Å². The molecule has 0 amide bonds. The molecule has 0 spiro atoms. The summed E-state index contributed by atoms with van der Waals surface area (Å²) in [6.07, 6.45) is 1.83. The predicted molar refractivity (Wildman–Crippen MR) is 57.6 cm³/mol. The molecule has 0 unspecified atom stereocenters. The van der Waals surface area contributed by atoms with Gasteiger partial charge in [0.15, 0.2) is 0 Å². The number of hydrogen-bond donors (Lipinski definition) is 0. The second kappa shape index (κ2) is 5.07. The molecular weight excluding hydrogens is 184 g/mol. The Morgan fingerprint density at radius 1 is 1.54 bits per heavy atom. The van der Waals surface area contributed by atoms with Crippen molar-refractivity contribution in [2.24, 2.45) is 0 Å². The summed E-state index contributed by atoms with van der Waals surface area (Å²) >= 11 is 5.71. The van der Waals surface area contributed by atoms with Crippen LogP contribution >= 0.6 is 11.6 Å². The summed E-state index contributed by atoms with van der Waals surface area (Å²) in [5, 5.41) is 0. The van der Waals surface area contributed by atoms with Crippen molar-refractivity contribution >= 4 is 17.3 Å². The molecule has 3 heteroatoms. The number of aryl methyl sites for hydroxylation is 1. The Hall–Kier alpha value is -0.760. The van der Waals surface area contributed by atoms with Gasteiger partial charge in [-0.25, -0.2) is 0 Å². The molecule has 0 aliphatic carbocycles. The van der Waals surface area contributed by atoms with E-state index in [0.29, 0.717) is 5.88 Å². The predicted octanol–water partition coefficient (Wildman–Crippen LogP) is 2.46. The Balaban J connectivity index is 2.78.